The van der Waals surface area contributed by atoms with Gasteiger partial charge in [-0.3, -0.25) is 4.79 Å². The van der Waals surface area contributed by atoms with Crippen LogP contribution in [0.15, 0.2) is 79.0 Å². The number of benzene rings is 2. The Morgan fingerprint density at radius 1 is 0.960 bits per heavy atom. The molecule has 4 nitrogen and oxygen atoms in total. The van der Waals surface area contributed by atoms with Crippen LogP contribution in [0, 0.1) is 6.92 Å². The normalized spacial score (nSPS) is 10.6. The minimum atomic E-state index is -0.294. The van der Waals surface area contributed by atoms with Crippen molar-refractivity contribution in [3.05, 3.63) is 95.7 Å². The fourth-order valence-electron chi connectivity index (χ4n) is 2.58. The smallest absolute Gasteiger partial charge is 0.251 e. The summed E-state index contributed by atoms with van der Waals surface area (Å²) in [7, 11) is 0. The van der Waals surface area contributed by atoms with Gasteiger partial charge in [0.15, 0.2) is 0 Å². The molecule has 0 unspecified atom stereocenters. The van der Waals surface area contributed by atoms with Crippen molar-refractivity contribution in [1.29, 1.82) is 0 Å². The Hall–Kier alpha value is -2.98. The van der Waals surface area contributed by atoms with Crippen LogP contribution >= 0.6 is 0 Å². The Kier molecular flexibility index (Phi) is 5.54. The molecule has 3 aromatic rings. The highest BCUT2D eigenvalue weighted by Crippen LogP contribution is 2.25. The third-order valence-corrected chi connectivity index (χ3v) is 3.85. The molecule has 0 radical (unpaired) electrons. The van der Waals surface area contributed by atoms with E-state index in [-0.39, 0.29) is 18.6 Å². The Balaban J connectivity index is 1.71. The van der Waals surface area contributed by atoms with Gasteiger partial charge in [-0.15, -0.1) is 0 Å². The van der Waals surface area contributed by atoms with Gasteiger partial charge in [-0.1, -0.05) is 66.7 Å². The standard InChI is InChI=1S/C21H20N2O2/c1-16-9-8-14-22-21(16)23-19(24)15-25-20(17-10-4-2-5-11-17)18-12-6-3-7-13-18/h2-14,20H,15H2,1H3,(H,22,23,24). The first-order chi connectivity index (χ1) is 12.2. The topological polar surface area (TPSA) is 51.2 Å². The van der Waals surface area contributed by atoms with Gasteiger partial charge in [-0.05, 0) is 29.7 Å². The second-order valence-corrected chi connectivity index (χ2v) is 5.73. The number of carbonyl (C=O) groups is 1. The van der Waals surface area contributed by atoms with Crippen molar-refractivity contribution in [2.75, 3.05) is 11.9 Å². The van der Waals surface area contributed by atoms with Gasteiger partial charge in [0.25, 0.3) is 5.91 Å². The molecule has 4 heteroatoms. The van der Waals surface area contributed by atoms with Crippen molar-refractivity contribution >= 4 is 11.7 Å². The number of carbonyl (C=O) groups excluding carboxylic acids is 1. The van der Waals surface area contributed by atoms with E-state index in [2.05, 4.69) is 10.3 Å². The summed E-state index contributed by atoms with van der Waals surface area (Å²) in [5.41, 5.74) is 2.93. The molecular formula is C21H20N2O2. The van der Waals surface area contributed by atoms with Crippen molar-refractivity contribution in [3.8, 4) is 0 Å². The highest BCUT2D eigenvalue weighted by atomic mass is 16.5. The van der Waals surface area contributed by atoms with Gasteiger partial charge in [-0.25, -0.2) is 4.98 Å². The van der Waals surface area contributed by atoms with Gasteiger partial charge in [-0.2, -0.15) is 0 Å². The van der Waals surface area contributed by atoms with E-state index < -0.39 is 0 Å². The lowest BCUT2D eigenvalue weighted by Crippen LogP contribution is -2.21. The highest BCUT2D eigenvalue weighted by molar-refractivity contribution is 5.91. The first kappa shape index (κ1) is 16.9. The zero-order valence-electron chi connectivity index (χ0n) is 14.1. The fourth-order valence-corrected chi connectivity index (χ4v) is 2.58. The van der Waals surface area contributed by atoms with Gasteiger partial charge < -0.3 is 10.1 Å². The minimum Gasteiger partial charge on any atom is -0.359 e. The molecule has 25 heavy (non-hydrogen) atoms. The maximum Gasteiger partial charge on any atom is 0.251 e. The molecule has 0 aliphatic heterocycles. The van der Waals surface area contributed by atoms with Crippen LogP contribution in [0.2, 0.25) is 0 Å². The van der Waals surface area contributed by atoms with Gasteiger partial charge in [0.2, 0.25) is 0 Å². The van der Waals surface area contributed by atoms with Crippen LogP contribution in [0.25, 0.3) is 0 Å². The van der Waals surface area contributed by atoms with Crippen molar-refractivity contribution in [1.82, 2.24) is 4.98 Å². The number of nitrogens with zero attached hydrogens (tertiary/aromatic N) is 1. The third-order valence-electron chi connectivity index (χ3n) is 3.85. The van der Waals surface area contributed by atoms with Crippen molar-refractivity contribution < 1.29 is 9.53 Å². The summed E-state index contributed by atoms with van der Waals surface area (Å²) in [5.74, 6) is 0.339. The van der Waals surface area contributed by atoms with Gasteiger partial charge in [0, 0.05) is 6.20 Å². The second-order valence-electron chi connectivity index (χ2n) is 5.73. The largest absolute Gasteiger partial charge is 0.359 e. The zero-order chi connectivity index (χ0) is 17.5. The predicted molar refractivity (Wildman–Crippen MR) is 98.3 cm³/mol. The Bertz CT molecular complexity index is 780. The number of ether oxygens (including phenoxy) is 1. The molecule has 126 valence electrons. The third kappa shape index (κ3) is 4.52. The van der Waals surface area contributed by atoms with Gasteiger partial charge in [0.05, 0.1) is 0 Å². The number of hydrogen-bond donors (Lipinski definition) is 1. The molecule has 0 bridgehead atoms. The summed E-state index contributed by atoms with van der Waals surface area (Å²) in [6.07, 6.45) is 1.36. The molecule has 1 heterocycles. The molecule has 1 N–H and O–H groups in total. The average molecular weight is 332 g/mol. The molecular weight excluding hydrogens is 312 g/mol. The lowest BCUT2D eigenvalue weighted by molar-refractivity contribution is -0.121. The quantitative estimate of drug-likeness (QED) is 0.738. The molecule has 1 aromatic heterocycles. The van der Waals surface area contributed by atoms with E-state index in [0.29, 0.717) is 5.82 Å². The number of nitrogens with one attached hydrogen (secondary N) is 1. The maximum atomic E-state index is 12.3. The van der Waals surface area contributed by atoms with Crippen molar-refractivity contribution in [2.45, 2.75) is 13.0 Å². The van der Waals surface area contributed by atoms with Crippen LogP contribution in [0.4, 0.5) is 5.82 Å². The fraction of sp³-hybridized carbons (Fsp3) is 0.143. The maximum absolute atomic E-state index is 12.3. The number of rotatable bonds is 6. The lowest BCUT2D eigenvalue weighted by Gasteiger charge is -2.19. The summed E-state index contributed by atoms with van der Waals surface area (Å²) in [5, 5.41) is 2.79. The Labute approximate surface area is 147 Å². The van der Waals surface area contributed by atoms with E-state index in [1.54, 1.807) is 6.20 Å². The number of amides is 1. The highest BCUT2D eigenvalue weighted by Gasteiger charge is 2.16. The summed E-state index contributed by atoms with van der Waals surface area (Å²) in [6.45, 7) is 1.85. The van der Waals surface area contributed by atoms with E-state index in [4.69, 9.17) is 4.74 Å². The molecule has 3 rings (SSSR count). The Morgan fingerprint density at radius 2 is 1.56 bits per heavy atom. The molecule has 0 fully saturated rings. The number of hydrogen-bond acceptors (Lipinski definition) is 3. The first-order valence-electron chi connectivity index (χ1n) is 8.17. The van der Waals surface area contributed by atoms with Gasteiger partial charge in [0.1, 0.15) is 18.5 Å². The van der Waals surface area contributed by atoms with E-state index in [1.807, 2.05) is 79.7 Å². The molecule has 0 saturated carbocycles. The lowest BCUT2D eigenvalue weighted by atomic mass is 10.0. The van der Waals surface area contributed by atoms with E-state index in [9.17, 15) is 4.79 Å². The molecule has 0 aliphatic rings. The van der Waals surface area contributed by atoms with E-state index in [1.165, 1.54) is 0 Å². The van der Waals surface area contributed by atoms with Crippen LogP contribution < -0.4 is 5.32 Å². The van der Waals surface area contributed by atoms with E-state index >= 15 is 0 Å². The second kappa shape index (κ2) is 8.22. The molecule has 1 amide bonds. The predicted octanol–water partition coefficient (Wildman–Crippen LogP) is 4.13. The molecule has 0 atom stereocenters. The summed E-state index contributed by atoms with van der Waals surface area (Å²) in [6, 6.07) is 23.5. The molecule has 2 aromatic carbocycles. The van der Waals surface area contributed by atoms with Gasteiger partial charge >= 0.3 is 0 Å². The molecule has 0 aliphatic carbocycles. The van der Waals surface area contributed by atoms with Crippen LogP contribution in [-0.2, 0) is 9.53 Å². The number of aryl methyl sites for hydroxylation is 1. The number of anilines is 1. The summed E-state index contributed by atoms with van der Waals surface area (Å²) in [4.78, 5) is 16.4. The zero-order valence-corrected chi connectivity index (χ0v) is 14.1. The van der Waals surface area contributed by atoms with Crippen LogP contribution in [0.3, 0.4) is 0 Å². The Morgan fingerprint density at radius 3 is 2.12 bits per heavy atom. The van der Waals surface area contributed by atoms with E-state index in [0.717, 1.165) is 16.7 Å². The first-order valence-corrected chi connectivity index (χ1v) is 8.17. The average Bonchev–Trinajstić information content (AvgIpc) is 2.66. The van der Waals surface area contributed by atoms with Crippen LogP contribution in [-0.4, -0.2) is 17.5 Å². The van der Waals surface area contributed by atoms with Crippen LogP contribution in [0.1, 0.15) is 22.8 Å². The SMILES string of the molecule is Cc1cccnc1NC(=O)COC(c1ccccc1)c1ccccc1. The number of aromatic nitrogens is 1. The molecule has 0 saturated heterocycles. The number of pyridine rings is 1. The molecule has 0 spiro atoms. The van der Waals surface area contributed by atoms with Crippen LogP contribution in [0.5, 0.6) is 0 Å². The monoisotopic (exact) mass is 332 g/mol. The summed E-state index contributed by atoms with van der Waals surface area (Å²) >= 11 is 0. The minimum absolute atomic E-state index is 0.0511. The van der Waals surface area contributed by atoms with Crippen molar-refractivity contribution in [3.63, 3.8) is 0 Å². The summed E-state index contributed by atoms with van der Waals surface area (Å²) < 4.78 is 5.95. The van der Waals surface area contributed by atoms with Crippen molar-refractivity contribution in [2.24, 2.45) is 0 Å².